The van der Waals surface area contributed by atoms with Crippen LogP contribution in [0.5, 0.6) is 0 Å². The van der Waals surface area contributed by atoms with Gasteiger partial charge in [-0.15, -0.1) is 32.9 Å². The van der Waals surface area contributed by atoms with Gasteiger partial charge in [-0.3, -0.25) is 0 Å². The number of hydrogen-bond acceptors (Lipinski definition) is 8. The quantitative estimate of drug-likeness (QED) is 0.252. The Morgan fingerprint density at radius 2 is 2.03 bits per heavy atom. The first-order valence-corrected chi connectivity index (χ1v) is 12.7. The lowest BCUT2D eigenvalue weighted by Gasteiger charge is -2.07. The number of benzene rings is 1. The van der Waals surface area contributed by atoms with Crippen LogP contribution >= 0.6 is 34.4 Å². The van der Waals surface area contributed by atoms with Crippen LogP contribution in [0, 0.1) is 0 Å². The van der Waals surface area contributed by atoms with Crippen LogP contribution in [-0.2, 0) is 16.9 Å². The van der Waals surface area contributed by atoms with E-state index in [-0.39, 0.29) is 5.97 Å². The van der Waals surface area contributed by atoms with E-state index in [9.17, 15) is 4.79 Å². The Labute approximate surface area is 192 Å². The Bertz CT molecular complexity index is 1180. The average Bonchev–Trinajstić information content (AvgIpc) is 3.19. The summed E-state index contributed by atoms with van der Waals surface area (Å²) >= 11 is 5.06. The van der Waals surface area contributed by atoms with Crippen LogP contribution in [0.1, 0.15) is 45.6 Å². The van der Waals surface area contributed by atoms with E-state index in [1.165, 1.54) is 24.8 Å². The van der Waals surface area contributed by atoms with Crippen LogP contribution in [0.15, 0.2) is 52.3 Å². The van der Waals surface area contributed by atoms with E-state index in [1.54, 1.807) is 46.6 Å². The molecule has 5 rings (SSSR count). The minimum absolute atomic E-state index is 0.332. The lowest BCUT2D eigenvalue weighted by atomic mass is 10.1. The van der Waals surface area contributed by atoms with Crippen LogP contribution in [0.25, 0.3) is 10.6 Å². The fraction of sp³-hybridized carbons (Fsp3) is 0.273. The lowest BCUT2D eigenvalue weighted by Crippen LogP contribution is -2.03. The highest BCUT2D eigenvalue weighted by Gasteiger charge is 2.29. The number of thiazole rings is 1. The predicted molar refractivity (Wildman–Crippen MR) is 124 cm³/mol. The van der Waals surface area contributed by atoms with Gasteiger partial charge in [0, 0.05) is 34.0 Å². The fourth-order valence-corrected chi connectivity index (χ4v) is 5.86. The molecule has 0 spiro atoms. The minimum atomic E-state index is -0.332. The van der Waals surface area contributed by atoms with E-state index in [2.05, 4.69) is 37.7 Å². The molecule has 0 amide bonds. The number of hydrogen-bond donors (Lipinski definition) is 0. The molecule has 1 saturated carbocycles. The first kappa shape index (κ1) is 20.4. The summed E-state index contributed by atoms with van der Waals surface area (Å²) in [6, 6.07) is 12.1. The van der Waals surface area contributed by atoms with Gasteiger partial charge in [0.15, 0.2) is 5.16 Å². The Balaban J connectivity index is 1.27. The third-order valence-electron chi connectivity index (χ3n) is 5.01. The summed E-state index contributed by atoms with van der Waals surface area (Å²) in [6.45, 7) is 0. The summed E-state index contributed by atoms with van der Waals surface area (Å²) in [5, 5.41) is 15.1. The molecule has 4 aromatic rings. The summed E-state index contributed by atoms with van der Waals surface area (Å²) in [7, 11) is 1.39. The van der Waals surface area contributed by atoms with E-state index >= 15 is 0 Å². The van der Waals surface area contributed by atoms with Crippen molar-refractivity contribution in [2.75, 3.05) is 7.11 Å². The van der Waals surface area contributed by atoms with Crippen molar-refractivity contribution in [3.63, 3.8) is 0 Å². The molecule has 1 aliphatic rings. The molecule has 0 unspecified atom stereocenters. The van der Waals surface area contributed by atoms with Crippen molar-refractivity contribution in [1.29, 1.82) is 0 Å². The Morgan fingerprint density at radius 3 is 2.74 bits per heavy atom. The van der Waals surface area contributed by atoms with Crippen molar-refractivity contribution in [3.8, 4) is 10.6 Å². The molecule has 158 valence electrons. The minimum Gasteiger partial charge on any atom is -0.465 e. The molecule has 31 heavy (non-hydrogen) atoms. The molecule has 0 bridgehead atoms. The zero-order valence-corrected chi connectivity index (χ0v) is 19.3. The van der Waals surface area contributed by atoms with Crippen molar-refractivity contribution in [3.05, 3.63) is 69.1 Å². The summed E-state index contributed by atoms with van der Waals surface area (Å²) in [5.41, 5.74) is 2.55. The predicted octanol–water partition coefficient (Wildman–Crippen LogP) is 5.47. The van der Waals surface area contributed by atoms with Gasteiger partial charge in [-0.05, 0) is 36.4 Å². The van der Waals surface area contributed by atoms with E-state index in [0.29, 0.717) is 11.6 Å². The first-order valence-electron chi connectivity index (χ1n) is 9.93. The number of carbonyl (C=O) groups is 1. The first-order chi connectivity index (χ1) is 15.2. The zero-order valence-electron chi connectivity index (χ0n) is 16.9. The zero-order chi connectivity index (χ0) is 21.2. The molecule has 3 aromatic heterocycles. The molecule has 0 atom stereocenters. The molecule has 1 aliphatic carbocycles. The summed E-state index contributed by atoms with van der Waals surface area (Å²) in [5.74, 6) is 1.47. The molecule has 6 nitrogen and oxygen atoms in total. The summed E-state index contributed by atoms with van der Waals surface area (Å²) < 4.78 is 7.08. The molecule has 0 N–H and O–H groups in total. The SMILES string of the molecule is COC(=O)c1ccc(-c2nc(CSc3nnc(Cc4cccs4)n3C3CC3)cs2)cc1. The van der Waals surface area contributed by atoms with Gasteiger partial charge in [-0.25, -0.2) is 9.78 Å². The van der Waals surface area contributed by atoms with E-state index in [1.807, 2.05) is 12.1 Å². The summed E-state index contributed by atoms with van der Waals surface area (Å²) in [6.07, 6.45) is 3.24. The normalized spacial score (nSPS) is 13.5. The molecule has 0 saturated heterocycles. The number of rotatable bonds is 8. The Hall–Kier alpha value is -2.49. The highest BCUT2D eigenvalue weighted by Crippen LogP contribution is 2.40. The van der Waals surface area contributed by atoms with Crippen LogP contribution in [0.3, 0.4) is 0 Å². The second-order valence-corrected chi connectivity index (χ2v) is 10.1. The highest BCUT2D eigenvalue weighted by atomic mass is 32.2. The summed E-state index contributed by atoms with van der Waals surface area (Å²) in [4.78, 5) is 17.7. The Morgan fingerprint density at radius 1 is 1.19 bits per heavy atom. The Kier molecular flexibility index (Phi) is 5.89. The molecule has 1 fully saturated rings. The van der Waals surface area contributed by atoms with E-state index in [4.69, 9.17) is 9.72 Å². The highest BCUT2D eigenvalue weighted by molar-refractivity contribution is 7.98. The fourth-order valence-electron chi connectivity index (χ4n) is 3.31. The van der Waals surface area contributed by atoms with Crippen LogP contribution in [-0.4, -0.2) is 32.8 Å². The number of esters is 1. The van der Waals surface area contributed by atoms with Crippen molar-refractivity contribution in [2.45, 2.75) is 36.2 Å². The van der Waals surface area contributed by atoms with Crippen LogP contribution in [0.4, 0.5) is 0 Å². The average molecular weight is 469 g/mol. The van der Waals surface area contributed by atoms with E-state index < -0.39 is 0 Å². The number of aromatic nitrogens is 4. The van der Waals surface area contributed by atoms with Gasteiger partial charge in [-0.2, -0.15) is 0 Å². The lowest BCUT2D eigenvalue weighted by molar-refractivity contribution is 0.0601. The maximum atomic E-state index is 11.6. The van der Waals surface area contributed by atoms with Gasteiger partial charge < -0.3 is 9.30 Å². The molecular formula is C22H20N4O2S3. The van der Waals surface area contributed by atoms with Crippen LogP contribution in [0.2, 0.25) is 0 Å². The van der Waals surface area contributed by atoms with E-state index in [0.717, 1.165) is 39.4 Å². The number of thiophene rings is 1. The molecule has 0 radical (unpaired) electrons. The van der Waals surface area contributed by atoms with Crippen molar-refractivity contribution < 1.29 is 9.53 Å². The molecule has 0 aliphatic heterocycles. The monoisotopic (exact) mass is 468 g/mol. The van der Waals surface area contributed by atoms with Gasteiger partial charge in [-0.1, -0.05) is 30.0 Å². The number of ether oxygens (including phenoxy) is 1. The molecule has 9 heteroatoms. The van der Waals surface area contributed by atoms with Crippen molar-refractivity contribution >= 4 is 40.4 Å². The van der Waals surface area contributed by atoms with Gasteiger partial charge >= 0.3 is 5.97 Å². The second-order valence-electron chi connectivity index (χ2n) is 7.26. The van der Waals surface area contributed by atoms with Gasteiger partial charge in [0.2, 0.25) is 0 Å². The molecule has 1 aromatic carbocycles. The maximum Gasteiger partial charge on any atom is 0.337 e. The second kappa shape index (κ2) is 8.94. The number of methoxy groups -OCH3 is 1. The number of carbonyl (C=O) groups excluding carboxylic acids is 1. The van der Waals surface area contributed by atoms with Crippen molar-refractivity contribution in [2.24, 2.45) is 0 Å². The largest absolute Gasteiger partial charge is 0.465 e. The maximum absolute atomic E-state index is 11.6. The molecule has 3 heterocycles. The number of thioether (sulfide) groups is 1. The van der Waals surface area contributed by atoms with Crippen molar-refractivity contribution in [1.82, 2.24) is 19.7 Å². The van der Waals surface area contributed by atoms with Gasteiger partial charge in [0.1, 0.15) is 10.8 Å². The molecular weight excluding hydrogens is 448 g/mol. The third kappa shape index (κ3) is 4.58. The smallest absolute Gasteiger partial charge is 0.337 e. The van der Waals surface area contributed by atoms with Crippen LogP contribution < -0.4 is 0 Å². The van der Waals surface area contributed by atoms with Gasteiger partial charge in [0.25, 0.3) is 0 Å². The standard InChI is InChI=1S/C22H20N4O2S3/c1-28-21(27)15-6-4-14(5-7-15)20-23-16(12-30-20)13-31-22-25-24-19(26(22)17-8-9-17)11-18-3-2-10-29-18/h2-7,10,12,17H,8-9,11,13H2,1H3. The third-order valence-corrected chi connectivity index (χ3v) is 7.81. The number of nitrogens with zero attached hydrogens (tertiary/aromatic N) is 4. The topological polar surface area (TPSA) is 69.9 Å². The van der Waals surface area contributed by atoms with Gasteiger partial charge in [0.05, 0.1) is 18.4 Å².